The van der Waals surface area contributed by atoms with Gasteiger partial charge in [0.2, 0.25) is 5.91 Å². The highest BCUT2D eigenvalue weighted by atomic mass is 16.5. The van der Waals surface area contributed by atoms with Gasteiger partial charge in [0, 0.05) is 38.6 Å². The Morgan fingerprint density at radius 3 is 2.67 bits per heavy atom. The molecular weight excluding hydrogens is 266 g/mol. The summed E-state index contributed by atoms with van der Waals surface area (Å²) in [5.74, 6) is 0.335. The van der Waals surface area contributed by atoms with Crippen LogP contribution in [-0.4, -0.2) is 73.7 Å². The molecule has 5 nitrogen and oxygen atoms in total. The van der Waals surface area contributed by atoms with Gasteiger partial charge < -0.3 is 15.0 Å². The fraction of sp³-hybridized carbons (Fsp3) is 0.938. The summed E-state index contributed by atoms with van der Waals surface area (Å²) < 4.78 is 5.79. The summed E-state index contributed by atoms with van der Waals surface area (Å²) >= 11 is 0. The molecule has 0 spiro atoms. The number of amides is 1. The molecule has 1 N–H and O–H groups in total. The Kier molecular flexibility index (Phi) is 6.45. The van der Waals surface area contributed by atoms with E-state index in [1.54, 1.807) is 0 Å². The van der Waals surface area contributed by atoms with Crippen molar-refractivity contribution < 1.29 is 9.53 Å². The molecule has 2 rings (SSSR count). The van der Waals surface area contributed by atoms with Crippen LogP contribution in [0, 0.1) is 0 Å². The fourth-order valence-electron chi connectivity index (χ4n) is 3.65. The summed E-state index contributed by atoms with van der Waals surface area (Å²) in [6.07, 6.45) is 4.51. The van der Waals surface area contributed by atoms with Crippen LogP contribution in [0.3, 0.4) is 0 Å². The summed E-state index contributed by atoms with van der Waals surface area (Å²) in [4.78, 5) is 17.0. The molecule has 2 fully saturated rings. The Morgan fingerprint density at radius 2 is 2.00 bits per heavy atom. The molecule has 2 aliphatic heterocycles. The van der Waals surface area contributed by atoms with Crippen LogP contribution >= 0.6 is 0 Å². The minimum absolute atomic E-state index is 0.301. The lowest BCUT2D eigenvalue weighted by Crippen LogP contribution is -2.50. The van der Waals surface area contributed by atoms with Crippen LogP contribution < -0.4 is 5.32 Å². The van der Waals surface area contributed by atoms with Gasteiger partial charge in [0.05, 0.1) is 12.2 Å². The van der Waals surface area contributed by atoms with Crippen LogP contribution in [0.2, 0.25) is 0 Å². The van der Waals surface area contributed by atoms with E-state index in [0.717, 1.165) is 52.0 Å². The summed E-state index contributed by atoms with van der Waals surface area (Å²) in [7, 11) is 1.93. The first-order chi connectivity index (χ1) is 10.1. The predicted octanol–water partition coefficient (Wildman–Crippen LogP) is 1.09. The fourth-order valence-corrected chi connectivity index (χ4v) is 3.65. The number of nitrogens with one attached hydrogen (secondary N) is 1. The lowest BCUT2D eigenvalue weighted by atomic mass is 10.1. The maximum atomic E-state index is 12.4. The van der Waals surface area contributed by atoms with E-state index in [9.17, 15) is 4.79 Å². The van der Waals surface area contributed by atoms with E-state index in [1.807, 2.05) is 7.05 Å². The zero-order valence-electron chi connectivity index (χ0n) is 13.8. The van der Waals surface area contributed by atoms with Crippen molar-refractivity contribution in [2.24, 2.45) is 0 Å². The molecule has 2 saturated heterocycles. The highest BCUT2D eigenvalue weighted by Gasteiger charge is 2.31. The van der Waals surface area contributed by atoms with Gasteiger partial charge in [-0.1, -0.05) is 0 Å². The summed E-state index contributed by atoms with van der Waals surface area (Å²) in [6.45, 7) is 9.12. The van der Waals surface area contributed by atoms with Gasteiger partial charge in [-0.3, -0.25) is 9.69 Å². The molecule has 3 unspecified atom stereocenters. The third-order valence-electron chi connectivity index (χ3n) is 4.48. The maximum Gasteiger partial charge on any atom is 0.222 e. The van der Waals surface area contributed by atoms with E-state index in [1.165, 1.54) is 0 Å². The van der Waals surface area contributed by atoms with Gasteiger partial charge in [0.1, 0.15) is 0 Å². The molecule has 0 saturated carbocycles. The van der Waals surface area contributed by atoms with Crippen molar-refractivity contribution >= 4 is 5.91 Å². The van der Waals surface area contributed by atoms with Gasteiger partial charge in [-0.05, 0) is 46.7 Å². The number of rotatable bonds is 6. The molecule has 1 amide bonds. The van der Waals surface area contributed by atoms with Gasteiger partial charge in [-0.15, -0.1) is 0 Å². The molecule has 0 bridgehead atoms. The lowest BCUT2D eigenvalue weighted by molar-refractivity contribution is -0.133. The van der Waals surface area contributed by atoms with Crippen molar-refractivity contribution in [3.8, 4) is 0 Å². The normalized spacial score (nSPS) is 30.8. The smallest absolute Gasteiger partial charge is 0.222 e. The van der Waals surface area contributed by atoms with Crippen molar-refractivity contribution in [2.45, 2.75) is 57.8 Å². The van der Waals surface area contributed by atoms with Gasteiger partial charge in [-0.2, -0.15) is 0 Å². The van der Waals surface area contributed by atoms with E-state index in [2.05, 4.69) is 29.0 Å². The van der Waals surface area contributed by atoms with E-state index >= 15 is 0 Å². The third kappa shape index (κ3) is 4.94. The molecule has 0 aromatic heterocycles. The lowest BCUT2D eigenvalue weighted by Gasteiger charge is -2.38. The molecule has 0 aliphatic carbocycles. The van der Waals surface area contributed by atoms with E-state index in [-0.39, 0.29) is 0 Å². The monoisotopic (exact) mass is 297 g/mol. The highest BCUT2D eigenvalue weighted by molar-refractivity contribution is 5.76. The molecule has 21 heavy (non-hydrogen) atoms. The largest absolute Gasteiger partial charge is 0.373 e. The van der Waals surface area contributed by atoms with E-state index in [0.29, 0.717) is 30.6 Å². The van der Waals surface area contributed by atoms with Crippen molar-refractivity contribution in [3.63, 3.8) is 0 Å². The maximum absolute atomic E-state index is 12.4. The van der Waals surface area contributed by atoms with Crippen LogP contribution in [0.4, 0.5) is 0 Å². The van der Waals surface area contributed by atoms with Crippen molar-refractivity contribution in [3.05, 3.63) is 0 Å². The van der Waals surface area contributed by atoms with E-state index in [4.69, 9.17) is 4.74 Å². The second-order valence-corrected chi connectivity index (χ2v) is 6.57. The molecular formula is C16H31N3O2. The van der Waals surface area contributed by atoms with Gasteiger partial charge in [0.25, 0.3) is 0 Å². The van der Waals surface area contributed by atoms with Crippen LogP contribution in [0.25, 0.3) is 0 Å². The molecule has 5 heteroatoms. The molecule has 122 valence electrons. The Bertz CT molecular complexity index is 327. The quantitative estimate of drug-likeness (QED) is 0.745. The number of hydrogen-bond acceptors (Lipinski definition) is 4. The van der Waals surface area contributed by atoms with Gasteiger partial charge in [0.15, 0.2) is 0 Å². The van der Waals surface area contributed by atoms with Crippen LogP contribution in [0.15, 0.2) is 0 Å². The number of carbonyl (C=O) groups excluding carboxylic acids is 1. The topological polar surface area (TPSA) is 44.8 Å². The molecule has 0 radical (unpaired) electrons. The zero-order valence-corrected chi connectivity index (χ0v) is 13.8. The average molecular weight is 297 g/mol. The first kappa shape index (κ1) is 16.7. The molecule has 2 heterocycles. The highest BCUT2D eigenvalue weighted by Crippen LogP contribution is 2.21. The first-order valence-corrected chi connectivity index (χ1v) is 8.42. The molecule has 3 atom stereocenters. The summed E-state index contributed by atoms with van der Waals surface area (Å²) in [5, 5.41) is 3.11. The minimum Gasteiger partial charge on any atom is -0.373 e. The number of likely N-dealkylation sites (tertiary alicyclic amines) is 1. The number of hydrogen-bond donors (Lipinski definition) is 1. The first-order valence-electron chi connectivity index (χ1n) is 8.42. The number of carbonyl (C=O) groups is 1. The average Bonchev–Trinajstić information content (AvgIpc) is 2.86. The number of nitrogens with zero attached hydrogens (tertiary/aromatic N) is 2. The minimum atomic E-state index is 0.301. The molecule has 0 aromatic rings. The van der Waals surface area contributed by atoms with Crippen molar-refractivity contribution in [2.75, 3.05) is 39.8 Å². The second-order valence-electron chi connectivity index (χ2n) is 6.57. The number of ether oxygens (including phenoxy) is 1. The number of morpholine rings is 1. The molecule has 2 aliphatic rings. The standard InChI is InChI=1S/C16H31N3O2/c1-13-10-18(11-14(2)21-13)12-15-6-5-9-19(15)16(20)7-4-8-17-3/h13-15,17H,4-12H2,1-3H3. The van der Waals surface area contributed by atoms with Crippen LogP contribution in [0.5, 0.6) is 0 Å². The predicted molar refractivity (Wildman–Crippen MR) is 84.3 cm³/mol. The van der Waals surface area contributed by atoms with Crippen molar-refractivity contribution in [1.82, 2.24) is 15.1 Å². The SMILES string of the molecule is CNCCCC(=O)N1CCCC1CN1CC(C)OC(C)C1. The van der Waals surface area contributed by atoms with Crippen LogP contribution in [0.1, 0.15) is 39.5 Å². The van der Waals surface area contributed by atoms with Crippen LogP contribution in [-0.2, 0) is 9.53 Å². The zero-order chi connectivity index (χ0) is 15.2. The van der Waals surface area contributed by atoms with Crippen molar-refractivity contribution in [1.29, 1.82) is 0 Å². The van der Waals surface area contributed by atoms with Gasteiger partial charge >= 0.3 is 0 Å². The Balaban J connectivity index is 1.82. The summed E-state index contributed by atoms with van der Waals surface area (Å²) in [5.41, 5.74) is 0. The van der Waals surface area contributed by atoms with Gasteiger partial charge in [-0.25, -0.2) is 0 Å². The summed E-state index contributed by atoms with van der Waals surface area (Å²) in [6, 6.07) is 0.407. The Hall–Kier alpha value is -0.650. The second kappa shape index (κ2) is 8.11. The third-order valence-corrected chi connectivity index (χ3v) is 4.48. The molecule has 0 aromatic carbocycles. The Labute approximate surface area is 129 Å². The van der Waals surface area contributed by atoms with E-state index < -0.39 is 0 Å². The Morgan fingerprint density at radius 1 is 1.29 bits per heavy atom.